The van der Waals surface area contributed by atoms with Crippen LogP contribution in [0.4, 0.5) is 0 Å². The lowest BCUT2D eigenvalue weighted by Crippen LogP contribution is -2.00. The van der Waals surface area contributed by atoms with Crippen molar-refractivity contribution in [2.75, 3.05) is 7.11 Å². The van der Waals surface area contributed by atoms with E-state index in [-0.39, 0.29) is 0 Å². The SMILES string of the molecule is COC(=O)C#CC(O)/C=C/c1ccccc1. The number of methoxy groups -OCH3 is 1. The Morgan fingerprint density at radius 3 is 2.75 bits per heavy atom. The van der Waals surface area contributed by atoms with Crippen LogP contribution in [-0.2, 0) is 9.53 Å². The number of aliphatic hydroxyl groups is 1. The number of carbonyl (C=O) groups is 1. The lowest BCUT2D eigenvalue weighted by Gasteiger charge is -1.94. The number of ether oxygens (including phenoxy) is 1. The summed E-state index contributed by atoms with van der Waals surface area (Å²) in [6.45, 7) is 0. The van der Waals surface area contributed by atoms with E-state index in [1.807, 2.05) is 30.3 Å². The van der Waals surface area contributed by atoms with E-state index in [0.29, 0.717) is 0 Å². The number of benzene rings is 1. The molecule has 1 aromatic rings. The first kappa shape index (κ1) is 12.0. The largest absolute Gasteiger partial charge is 0.459 e. The van der Waals surface area contributed by atoms with Crippen LogP contribution in [0, 0.1) is 11.8 Å². The van der Waals surface area contributed by atoms with Gasteiger partial charge in [-0.2, -0.15) is 0 Å². The molecular formula is C13H12O3. The average Bonchev–Trinajstić information content (AvgIpc) is 2.34. The number of rotatable bonds is 2. The van der Waals surface area contributed by atoms with E-state index in [1.165, 1.54) is 13.2 Å². The second-order valence-electron chi connectivity index (χ2n) is 2.98. The van der Waals surface area contributed by atoms with E-state index in [4.69, 9.17) is 0 Å². The third-order valence-corrected chi connectivity index (χ3v) is 1.78. The van der Waals surface area contributed by atoms with Crippen LogP contribution in [0.5, 0.6) is 0 Å². The molecule has 3 heteroatoms. The molecule has 0 saturated carbocycles. The maximum Gasteiger partial charge on any atom is 0.384 e. The summed E-state index contributed by atoms with van der Waals surface area (Å²) < 4.78 is 4.32. The zero-order valence-electron chi connectivity index (χ0n) is 8.88. The number of aliphatic hydroxyl groups excluding tert-OH is 1. The lowest BCUT2D eigenvalue weighted by atomic mass is 10.2. The molecule has 0 aromatic heterocycles. The Morgan fingerprint density at radius 1 is 1.44 bits per heavy atom. The molecule has 0 aliphatic rings. The van der Waals surface area contributed by atoms with Crippen molar-refractivity contribution >= 4 is 12.0 Å². The molecule has 3 nitrogen and oxygen atoms in total. The summed E-state index contributed by atoms with van der Waals surface area (Å²) in [5.41, 5.74) is 0.960. The Hall–Kier alpha value is -2.05. The summed E-state index contributed by atoms with van der Waals surface area (Å²) in [5, 5.41) is 9.39. The van der Waals surface area contributed by atoms with Gasteiger partial charge in [0.1, 0.15) is 6.10 Å². The van der Waals surface area contributed by atoms with Crippen molar-refractivity contribution in [1.82, 2.24) is 0 Å². The van der Waals surface area contributed by atoms with Crippen molar-refractivity contribution in [3.05, 3.63) is 42.0 Å². The number of esters is 1. The fourth-order valence-corrected chi connectivity index (χ4v) is 0.998. The summed E-state index contributed by atoms with van der Waals surface area (Å²) in [4.78, 5) is 10.7. The first-order valence-corrected chi connectivity index (χ1v) is 4.73. The summed E-state index contributed by atoms with van der Waals surface area (Å²) in [5.74, 6) is 3.84. The van der Waals surface area contributed by atoms with Gasteiger partial charge in [-0.15, -0.1) is 0 Å². The Morgan fingerprint density at radius 2 is 2.12 bits per heavy atom. The Labute approximate surface area is 94.4 Å². The van der Waals surface area contributed by atoms with Gasteiger partial charge in [-0.25, -0.2) is 4.79 Å². The quantitative estimate of drug-likeness (QED) is 0.459. The van der Waals surface area contributed by atoms with Gasteiger partial charge in [-0.3, -0.25) is 0 Å². The van der Waals surface area contributed by atoms with Gasteiger partial charge in [0.15, 0.2) is 0 Å². The number of hydrogen-bond acceptors (Lipinski definition) is 3. The smallest absolute Gasteiger partial charge is 0.384 e. The molecule has 0 spiro atoms. The standard InChI is InChI=1S/C13H12O3/c1-16-13(15)10-9-12(14)8-7-11-5-3-2-4-6-11/h2-8,12,14H,1H3/b8-7+. The maximum absolute atomic E-state index is 10.7. The van der Waals surface area contributed by atoms with Crippen molar-refractivity contribution in [3.8, 4) is 11.8 Å². The second kappa shape index (κ2) is 6.44. The van der Waals surface area contributed by atoms with Gasteiger partial charge in [-0.1, -0.05) is 42.3 Å². The number of hydrogen-bond donors (Lipinski definition) is 1. The van der Waals surface area contributed by atoms with Gasteiger partial charge in [0.25, 0.3) is 0 Å². The van der Waals surface area contributed by atoms with Crippen LogP contribution in [0.25, 0.3) is 6.08 Å². The van der Waals surface area contributed by atoms with E-state index < -0.39 is 12.1 Å². The van der Waals surface area contributed by atoms with Crippen molar-refractivity contribution in [2.24, 2.45) is 0 Å². The molecular weight excluding hydrogens is 204 g/mol. The van der Waals surface area contributed by atoms with E-state index in [9.17, 15) is 9.90 Å². The predicted molar refractivity (Wildman–Crippen MR) is 61.3 cm³/mol. The maximum atomic E-state index is 10.7. The average molecular weight is 216 g/mol. The van der Waals surface area contributed by atoms with E-state index >= 15 is 0 Å². The summed E-state index contributed by atoms with van der Waals surface area (Å²) in [7, 11) is 1.24. The molecule has 0 radical (unpaired) electrons. The van der Waals surface area contributed by atoms with Crippen molar-refractivity contribution in [2.45, 2.75) is 6.10 Å². The van der Waals surface area contributed by atoms with Crippen molar-refractivity contribution in [3.63, 3.8) is 0 Å². The Kier molecular flexibility index (Phi) is 4.84. The van der Waals surface area contributed by atoms with Crippen molar-refractivity contribution < 1.29 is 14.6 Å². The zero-order valence-corrected chi connectivity index (χ0v) is 8.88. The van der Waals surface area contributed by atoms with Gasteiger partial charge in [-0.05, 0) is 11.6 Å². The normalized spacial score (nSPS) is 11.6. The summed E-state index contributed by atoms with van der Waals surface area (Å²) >= 11 is 0. The fourth-order valence-electron chi connectivity index (χ4n) is 0.998. The van der Waals surface area contributed by atoms with E-state index in [0.717, 1.165) is 5.56 Å². The summed E-state index contributed by atoms with van der Waals surface area (Å²) in [6.07, 6.45) is 2.27. The first-order chi connectivity index (χ1) is 7.72. The minimum atomic E-state index is -0.973. The minimum absolute atomic E-state index is 0.660. The van der Waals surface area contributed by atoms with Crippen LogP contribution in [0.1, 0.15) is 5.56 Å². The van der Waals surface area contributed by atoms with Gasteiger partial charge < -0.3 is 9.84 Å². The molecule has 0 fully saturated rings. The van der Waals surface area contributed by atoms with E-state index in [2.05, 4.69) is 16.6 Å². The van der Waals surface area contributed by atoms with Crippen LogP contribution in [0.15, 0.2) is 36.4 Å². The molecule has 16 heavy (non-hydrogen) atoms. The number of carbonyl (C=O) groups excluding carboxylic acids is 1. The summed E-state index contributed by atoms with van der Waals surface area (Å²) in [6, 6.07) is 9.50. The second-order valence-corrected chi connectivity index (χ2v) is 2.98. The zero-order chi connectivity index (χ0) is 11.8. The first-order valence-electron chi connectivity index (χ1n) is 4.73. The van der Waals surface area contributed by atoms with Gasteiger partial charge >= 0.3 is 5.97 Å². The molecule has 1 unspecified atom stereocenters. The topological polar surface area (TPSA) is 46.5 Å². The minimum Gasteiger partial charge on any atom is -0.459 e. The van der Waals surface area contributed by atoms with Gasteiger partial charge in [0.2, 0.25) is 0 Å². The van der Waals surface area contributed by atoms with E-state index in [1.54, 1.807) is 6.08 Å². The van der Waals surface area contributed by atoms with Crippen molar-refractivity contribution in [1.29, 1.82) is 0 Å². The van der Waals surface area contributed by atoms with Crippen LogP contribution >= 0.6 is 0 Å². The highest BCUT2D eigenvalue weighted by atomic mass is 16.5. The molecule has 0 aliphatic heterocycles. The highest BCUT2D eigenvalue weighted by molar-refractivity contribution is 5.88. The molecule has 1 atom stereocenters. The molecule has 0 saturated heterocycles. The van der Waals surface area contributed by atoms with Crippen LogP contribution in [-0.4, -0.2) is 24.3 Å². The van der Waals surface area contributed by atoms with Crippen LogP contribution in [0.3, 0.4) is 0 Å². The van der Waals surface area contributed by atoms with Gasteiger partial charge in [0.05, 0.1) is 7.11 Å². The fraction of sp³-hybridized carbons (Fsp3) is 0.154. The molecule has 0 aliphatic carbocycles. The molecule has 1 rings (SSSR count). The highest BCUT2D eigenvalue weighted by Gasteiger charge is 1.94. The van der Waals surface area contributed by atoms with Gasteiger partial charge in [0, 0.05) is 5.92 Å². The highest BCUT2D eigenvalue weighted by Crippen LogP contribution is 2.01. The predicted octanol–water partition coefficient (Wildman–Crippen LogP) is 1.24. The lowest BCUT2D eigenvalue weighted by molar-refractivity contribution is -0.133. The molecule has 1 N–H and O–H groups in total. The molecule has 0 bridgehead atoms. The molecule has 1 aromatic carbocycles. The monoisotopic (exact) mass is 216 g/mol. The molecule has 0 heterocycles. The van der Waals surface area contributed by atoms with Crippen LogP contribution < -0.4 is 0 Å². The third kappa shape index (κ3) is 4.45. The third-order valence-electron chi connectivity index (χ3n) is 1.78. The Bertz CT molecular complexity index is 423. The molecule has 82 valence electrons. The molecule has 0 amide bonds. The Balaban J connectivity index is 2.57. The van der Waals surface area contributed by atoms with Crippen LogP contribution in [0.2, 0.25) is 0 Å².